The molecule has 1 N–H and O–H groups in total. The Morgan fingerprint density at radius 1 is 1.08 bits per heavy atom. The van der Waals surface area contributed by atoms with Gasteiger partial charge in [0.2, 0.25) is 5.89 Å². The third-order valence-electron chi connectivity index (χ3n) is 7.22. The van der Waals surface area contributed by atoms with Gasteiger partial charge in [-0.15, -0.1) is 10.2 Å². The maximum atomic E-state index is 10.7. The normalized spacial score (nSPS) is 17.8. The van der Waals surface area contributed by atoms with Crippen LogP contribution in [0.25, 0.3) is 22.6 Å². The van der Waals surface area contributed by atoms with Crippen LogP contribution < -0.4 is 4.74 Å². The molecule has 0 bridgehead atoms. The van der Waals surface area contributed by atoms with Gasteiger partial charge in [-0.25, -0.2) is 0 Å². The number of aromatic nitrogens is 2. The summed E-state index contributed by atoms with van der Waals surface area (Å²) in [7, 11) is 0. The monoisotopic (exact) mass is 489 g/mol. The smallest absolute Gasteiger partial charge is 0.283 e. The molecule has 1 saturated heterocycles. The number of rotatable bonds is 7. The lowest BCUT2D eigenvalue weighted by Crippen LogP contribution is -2.40. The van der Waals surface area contributed by atoms with E-state index in [1.54, 1.807) is 6.92 Å². The molecule has 0 aliphatic carbocycles. The van der Waals surface area contributed by atoms with Crippen LogP contribution in [0.15, 0.2) is 51.3 Å². The number of aliphatic hydroxyl groups is 1. The van der Waals surface area contributed by atoms with Gasteiger partial charge in [0, 0.05) is 19.5 Å². The van der Waals surface area contributed by atoms with Gasteiger partial charge < -0.3 is 28.3 Å². The highest BCUT2D eigenvalue weighted by molar-refractivity contribution is 5.87. The third-order valence-corrected chi connectivity index (χ3v) is 7.22. The number of aliphatic hydroxyl groups excluding tert-OH is 1. The van der Waals surface area contributed by atoms with Gasteiger partial charge in [-0.05, 0) is 67.1 Å². The van der Waals surface area contributed by atoms with Crippen molar-refractivity contribution in [2.75, 3.05) is 32.8 Å². The van der Waals surface area contributed by atoms with E-state index in [1.807, 2.05) is 24.3 Å². The van der Waals surface area contributed by atoms with Crippen LogP contribution in [0.5, 0.6) is 5.75 Å². The Morgan fingerprint density at radius 2 is 1.97 bits per heavy atom. The average molecular weight is 490 g/mol. The van der Waals surface area contributed by atoms with Crippen LogP contribution in [0, 0.1) is 6.92 Å². The summed E-state index contributed by atoms with van der Waals surface area (Å²) in [5.41, 5.74) is 4.89. The zero-order valence-electron chi connectivity index (χ0n) is 20.5. The number of piperidine rings is 1. The molecular weight excluding hydrogens is 458 g/mol. The molecule has 8 nitrogen and oxygen atoms in total. The molecule has 36 heavy (non-hydrogen) atoms. The van der Waals surface area contributed by atoms with Gasteiger partial charge in [-0.2, -0.15) is 0 Å². The Bertz CT molecular complexity index is 1340. The van der Waals surface area contributed by atoms with E-state index < -0.39 is 6.10 Å². The van der Waals surface area contributed by atoms with Crippen molar-refractivity contribution >= 4 is 11.0 Å². The SMILES string of the molecule is Cc1nnc(-c2cc3c(OC[C@@H](O)CN4CCC(c5ccc6c(c5)CCOC6)CC4)cccc3o2)o1. The van der Waals surface area contributed by atoms with Crippen molar-refractivity contribution in [1.29, 1.82) is 0 Å². The van der Waals surface area contributed by atoms with Gasteiger partial charge >= 0.3 is 0 Å². The van der Waals surface area contributed by atoms with Crippen LogP contribution in [-0.2, 0) is 17.8 Å². The molecule has 2 aliphatic heterocycles. The van der Waals surface area contributed by atoms with E-state index in [2.05, 4.69) is 33.3 Å². The Kier molecular flexibility index (Phi) is 6.48. The molecule has 4 heterocycles. The molecule has 6 rings (SSSR count). The van der Waals surface area contributed by atoms with Crippen molar-refractivity contribution in [3.63, 3.8) is 0 Å². The van der Waals surface area contributed by atoms with Crippen LogP contribution in [-0.4, -0.2) is 59.2 Å². The first-order chi connectivity index (χ1) is 17.6. The zero-order chi connectivity index (χ0) is 24.5. The molecule has 1 atom stereocenters. The summed E-state index contributed by atoms with van der Waals surface area (Å²) in [6.07, 6.45) is 2.65. The van der Waals surface area contributed by atoms with Crippen molar-refractivity contribution in [1.82, 2.24) is 15.1 Å². The fraction of sp³-hybridized carbons (Fsp3) is 0.429. The second kappa shape index (κ2) is 10.0. The number of fused-ring (bicyclic) bond motifs is 2. The second-order valence-electron chi connectivity index (χ2n) is 9.78. The summed E-state index contributed by atoms with van der Waals surface area (Å²) in [5, 5.41) is 19.4. The van der Waals surface area contributed by atoms with Crippen molar-refractivity contribution in [2.24, 2.45) is 0 Å². The number of ether oxygens (including phenoxy) is 2. The molecule has 8 heteroatoms. The van der Waals surface area contributed by atoms with E-state index in [0.717, 1.165) is 51.0 Å². The highest BCUT2D eigenvalue weighted by Crippen LogP contribution is 2.33. The number of benzene rings is 2. The first-order valence-electron chi connectivity index (χ1n) is 12.7. The van der Waals surface area contributed by atoms with Crippen molar-refractivity contribution in [3.05, 3.63) is 65.0 Å². The number of likely N-dealkylation sites (tertiary alicyclic amines) is 1. The van der Waals surface area contributed by atoms with Crippen molar-refractivity contribution < 1.29 is 23.4 Å². The van der Waals surface area contributed by atoms with Gasteiger partial charge in [0.25, 0.3) is 5.89 Å². The summed E-state index contributed by atoms with van der Waals surface area (Å²) in [6, 6.07) is 14.4. The minimum atomic E-state index is -0.578. The molecule has 188 valence electrons. The lowest BCUT2D eigenvalue weighted by atomic mass is 9.87. The lowest BCUT2D eigenvalue weighted by molar-refractivity contribution is 0.0599. The number of hydrogen-bond donors (Lipinski definition) is 1. The van der Waals surface area contributed by atoms with Gasteiger partial charge in [-0.1, -0.05) is 24.3 Å². The Hall–Kier alpha value is -3.20. The van der Waals surface area contributed by atoms with E-state index in [4.69, 9.17) is 18.3 Å². The molecule has 0 radical (unpaired) electrons. The summed E-state index contributed by atoms with van der Waals surface area (Å²) < 4.78 is 22.9. The fourth-order valence-corrected chi connectivity index (χ4v) is 5.28. The molecule has 1 fully saturated rings. The molecule has 2 aromatic carbocycles. The highest BCUT2D eigenvalue weighted by atomic mass is 16.5. The maximum Gasteiger partial charge on any atom is 0.283 e. The first kappa shape index (κ1) is 23.2. The maximum absolute atomic E-state index is 10.7. The Labute approximate surface area is 209 Å². The molecular formula is C28H31N3O5. The van der Waals surface area contributed by atoms with E-state index in [-0.39, 0.29) is 6.61 Å². The summed E-state index contributed by atoms with van der Waals surface area (Å²) >= 11 is 0. The Balaban J connectivity index is 1.03. The van der Waals surface area contributed by atoms with E-state index in [9.17, 15) is 5.11 Å². The van der Waals surface area contributed by atoms with Crippen molar-refractivity contribution in [2.45, 2.75) is 44.8 Å². The predicted molar refractivity (Wildman–Crippen MR) is 134 cm³/mol. The first-order valence-corrected chi connectivity index (χ1v) is 12.7. The van der Waals surface area contributed by atoms with Crippen molar-refractivity contribution in [3.8, 4) is 17.4 Å². The van der Waals surface area contributed by atoms with Crippen LogP contribution in [0.3, 0.4) is 0 Å². The number of furan rings is 1. The van der Waals surface area contributed by atoms with Gasteiger partial charge in [-0.3, -0.25) is 0 Å². The van der Waals surface area contributed by atoms with Crippen LogP contribution in [0.2, 0.25) is 0 Å². The quantitative estimate of drug-likeness (QED) is 0.406. The largest absolute Gasteiger partial charge is 0.490 e. The molecule has 0 unspecified atom stereocenters. The summed E-state index contributed by atoms with van der Waals surface area (Å²) in [5.74, 6) is 2.55. The number of hydrogen-bond acceptors (Lipinski definition) is 8. The summed E-state index contributed by atoms with van der Waals surface area (Å²) in [4.78, 5) is 2.34. The van der Waals surface area contributed by atoms with Crippen LogP contribution in [0.1, 0.15) is 41.3 Å². The van der Waals surface area contributed by atoms with E-state index in [1.165, 1.54) is 16.7 Å². The van der Waals surface area contributed by atoms with Crippen LogP contribution >= 0.6 is 0 Å². The highest BCUT2D eigenvalue weighted by Gasteiger charge is 2.24. The molecule has 0 amide bonds. The molecule has 2 aliphatic rings. The molecule has 0 spiro atoms. The average Bonchev–Trinajstić information content (AvgIpc) is 3.54. The van der Waals surface area contributed by atoms with E-state index in [0.29, 0.717) is 41.3 Å². The van der Waals surface area contributed by atoms with E-state index >= 15 is 0 Å². The second-order valence-corrected chi connectivity index (χ2v) is 9.78. The molecule has 0 saturated carbocycles. The van der Waals surface area contributed by atoms with Gasteiger partial charge in [0.1, 0.15) is 24.0 Å². The number of aryl methyl sites for hydroxylation is 1. The van der Waals surface area contributed by atoms with Gasteiger partial charge in [0.05, 0.1) is 18.6 Å². The molecule has 4 aromatic rings. The zero-order valence-corrected chi connectivity index (χ0v) is 20.5. The lowest BCUT2D eigenvalue weighted by Gasteiger charge is -2.33. The number of nitrogens with zero attached hydrogens (tertiary/aromatic N) is 3. The number of β-amino-alcohol motifs (C(OH)–C–C–N with tert-alkyl or cyclic N) is 1. The van der Waals surface area contributed by atoms with Crippen LogP contribution in [0.4, 0.5) is 0 Å². The minimum absolute atomic E-state index is 0.214. The van der Waals surface area contributed by atoms with Gasteiger partial charge in [0.15, 0.2) is 5.76 Å². The summed E-state index contributed by atoms with van der Waals surface area (Å²) in [6.45, 7) is 6.07. The topological polar surface area (TPSA) is 94.0 Å². The molecule has 2 aromatic heterocycles. The predicted octanol–water partition coefficient (Wildman–Crippen LogP) is 4.48. The third kappa shape index (κ3) is 4.89. The fourth-order valence-electron chi connectivity index (χ4n) is 5.28. The standard InChI is InChI=1S/C28H31N3O5/c1-18-29-30-28(35-18)27-14-24-25(3-2-4-26(24)36-27)34-17-23(32)15-31-10-7-19(8-11-31)20-5-6-22-16-33-12-9-21(22)13-20/h2-6,13-14,19,23,32H,7-12,15-17H2,1H3/t23-/m0/s1. The Morgan fingerprint density at radius 3 is 2.81 bits per heavy atom. The minimum Gasteiger partial charge on any atom is -0.490 e.